The van der Waals surface area contributed by atoms with Crippen molar-refractivity contribution < 1.29 is 14.3 Å². The monoisotopic (exact) mass is 214 g/mol. The van der Waals surface area contributed by atoms with Gasteiger partial charge < -0.3 is 10.1 Å². The lowest BCUT2D eigenvalue weighted by atomic mass is 9.98. The Kier molecular flexibility index (Phi) is 4.55. The van der Waals surface area contributed by atoms with Gasteiger partial charge in [0.1, 0.15) is 0 Å². The third-order valence-electron chi connectivity index (χ3n) is 2.69. The minimum absolute atomic E-state index is 0.0134. The van der Waals surface area contributed by atoms with Crippen molar-refractivity contribution in [1.29, 1.82) is 0 Å². The fourth-order valence-electron chi connectivity index (χ4n) is 1.84. The highest BCUT2D eigenvalue weighted by Crippen LogP contribution is 2.17. The van der Waals surface area contributed by atoms with Gasteiger partial charge >= 0.3 is 5.97 Å². The standard InChI is InChI=1S/C10H18N2O3/c1-11-9(13)7-12-5-3-4-8(6-12)10(14)15-2/h8H,3-7H2,1-2H3,(H,11,13)/t8-/m0/s1. The van der Waals surface area contributed by atoms with Crippen molar-refractivity contribution in [2.45, 2.75) is 12.8 Å². The summed E-state index contributed by atoms with van der Waals surface area (Å²) in [6.45, 7) is 1.87. The minimum atomic E-state index is -0.170. The van der Waals surface area contributed by atoms with E-state index in [1.54, 1.807) is 7.05 Å². The second kappa shape index (κ2) is 5.70. The van der Waals surface area contributed by atoms with Crippen LogP contribution in [0.15, 0.2) is 0 Å². The molecule has 1 atom stereocenters. The fraction of sp³-hybridized carbons (Fsp3) is 0.800. The number of methoxy groups -OCH3 is 1. The van der Waals surface area contributed by atoms with Crippen molar-refractivity contribution >= 4 is 11.9 Å². The molecule has 1 rings (SSSR count). The van der Waals surface area contributed by atoms with Crippen molar-refractivity contribution in [1.82, 2.24) is 10.2 Å². The highest BCUT2D eigenvalue weighted by molar-refractivity contribution is 5.78. The summed E-state index contributed by atoms with van der Waals surface area (Å²) in [7, 11) is 3.02. The molecule has 1 aliphatic rings. The Balaban J connectivity index is 2.42. The van der Waals surface area contributed by atoms with Gasteiger partial charge in [-0.15, -0.1) is 0 Å². The van der Waals surface area contributed by atoms with Crippen LogP contribution in [0.2, 0.25) is 0 Å². The molecule has 1 amide bonds. The molecular formula is C10H18N2O3. The quantitative estimate of drug-likeness (QED) is 0.650. The number of nitrogens with one attached hydrogen (secondary N) is 1. The van der Waals surface area contributed by atoms with Crippen LogP contribution in [0.4, 0.5) is 0 Å². The molecule has 15 heavy (non-hydrogen) atoms. The fourth-order valence-corrected chi connectivity index (χ4v) is 1.84. The van der Waals surface area contributed by atoms with E-state index in [0.29, 0.717) is 13.1 Å². The number of hydrogen-bond acceptors (Lipinski definition) is 4. The molecule has 0 aromatic rings. The van der Waals surface area contributed by atoms with Crippen LogP contribution in [-0.2, 0) is 14.3 Å². The van der Waals surface area contributed by atoms with E-state index in [1.165, 1.54) is 7.11 Å². The lowest BCUT2D eigenvalue weighted by molar-refractivity contribution is -0.147. The van der Waals surface area contributed by atoms with Gasteiger partial charge in [0.05, 0.1) is 19.6 Å². The first-order chi connectivity index (χ1) is 7.17. The van der Waals surface area contributed by atoms with Crippen LogP contribution in [0.1, 0.15) is 12.8 Å². The third kappa shape index (κ3) is 3.51. The minimum Gasteiger partial charge on any atom is -0.469 e. The highest BCUT2D eigenvalue weighted by atomic mass is 16.5. The summed E-state index contributed by atoms with van der Waals surface area (Å²) < 4.78 is 4.70. The second-order valence-corrected chi connectivity index (χ2v) is 3.77. The molecule has 0 unspecified atom stereocenters. The van der Waals surface area contributed by atoms with E-state index in [0.717, 1.165) is 19.4 Å². The maximum absolute atomic E-state index is 11.3. The van der Waals surface area contributed by atoms with Gasteiger partial charge in [-0.25, -0.2) is 0 Å². The van der Waals surface area contributed by atoms with Gasteiger partial charge in [-0.1, -0.05) is 0 Å². The summed E-state index contributed by atoms with van der Waals surface area (Å²) in [6.07, 6.45) is 1.80. The molecule has 1 aliphatic heterocycles. The van der Waals surface area contributed by atoms with Crippen LogP contribution in [0.3, 0.4) is 0 Å². The lowest BCUT2D eigenvalue weighted by Gasteiger charge is -2.30. The van der Waals surface area contributed by atoms with Gasteiger partial charge in [-0.05, 0) is 19.4 Å². The summed E-state index contributed by atoms with van der Waals surface area (Å²) >= 11 is 0. The number of hydrogen-bond donors (Lipinski definition) is 1. The first-order valence-electron chi connectivity index (χ1n) is 5.18. The van der Waals surface area contributed by atoms with Crippen molar-refractivity contribution in [3.63, 3.8) is 0 Å². The molecule has 5 nitrogen and oxygen atoms in total. The van der Waals surface area contributed by atoms with Crippen molar-refractivity contribution in [2.24, 2.45) is 5.92 Å². The van der Waals surface area contributed by atoms with Crippen LogP contribution >= 0.6 is 0 Å². The van der Waals surface area contributed by atoms with E-state index < -0.39 is 0 Å². The van der Waals surface area contributed by atoms with Crippen LogP contribution in [0.25, 0.3) is 0 Å². The first-order valence-corrected chi connectivity index (χ1v) is 5.18. The summed E-state index contributed by atoms with van der Waals surface area (Å²) in [4.78, 5) is 24.5. The maximum atomic E-state index is 11.3. The Bertz CT molecular complexity index is 243. The zero-order valence-electron chi connectivity index (χ0n) is 9.28. The number of ether oxygens (including phenoxy) is 1. The molecular weight excluding hydrogens is 196 g/mol. The van der Waals surface area contributed by atoms with E-state index in [1.807, 2.05) is 4.90 Å². The first kappa shape index (κ1) is 12.0. The summed E-state index contributed by atoms with van der Waals surface area (Å²) in [5.74, 6) is -0.259. The molecule has 1 fully saturated rings. The van der Waals surface area contributed by atoms with Gasteiger partial charge in [-0.3, -0.25) is 14.5 Å². The SMILES string of the molecule is CNC(=O)CN1CCC[C@H](C(=O)OC)C1. The second-order valence-electron chi connectivity index (χ2n) is 3.77. The van der Waals surface area contributed by atoms with Crippen LogP contribution < -0.4 is 5.32 Å². The Morgan fingerprint density at radius 2 is 2.27 bits per heavy atom. The average molecular weight is 214 g/mol. The Hall–Kier alpha value is -1.10. The zero-order valence-corrected chi connectivity index (χ0v) is 9.28. The van der Waals surface area contributed by atoms with Gasteiger partial charge in [0, 0.05) is 13.6 Å². The molecule has 1 N–H and O–H groups in total. The number of likely N-dealkylation sites (N-methyl/N-ethyl adjacent to an activating group) is 1. The van der Waals surface area contributed by atoms with E-state index in [-0.39, 0.29) is 17.8 Å². The van der Waals surface area contributed by atoms with E-state index >= 15 is 0 Å². The molecule has 1 heterocycles. The predicted molar refractivity (Wildman–Crippen MR) is 55.2 cm³/mol. The van der Waals surface area contributed by atoms with Crippen LogP contribution in [0.5, 0.6) is 0 Å². The molecule has 86 valence electrons. The van der Waals surface area contributed by atoms with Gasteiger partial charge in [-0.2, -0.15) is 0 Å². The van der Waals surface area contributed by atoms with Crippen molar-refractivity contribution in [3.8, 4) is 0 Å². The average Bonchev–Trinajstić information content (AvgIpc) is 2.28. The zero-order chi connectivity index (χ0) is 11.3. The van der Waals surface area contributed by atoms with E-state index in [9.17, 15) is 9.59 Å². The summed E-state index contributed by atoms with van der Waals surface area (Å²) in [6, 6.07) is 0. The molecule has 0 aliphatic carbocycles. The molecule has 1 saturated heterocycles. The Morgan fingerprint density at radius 1 is 1.53 bits per heavy atom. The molecule has 0 bridgehead atoms. The normalized spacial score (nSPS) is 22.1. The number of piperidine rings is 1. The van der Waals surface area contributed by atoms with Gasteiger partial charge in [0.2, 0.25) is 5.91 Å². The van der Waals surface area contributed by atoms with Crippen molar-refractivity contribution in [3.05, 3.63) is 0 Å². The molecule has 0 radical (unpaired) electrons. The molecule has 5 heteroatoms. The molecule has 0 spiro atoms. The molecule has 0 saturated carbocycles. The number of likely N-dealkylation sites (tertiary alicyclic amines) is 1. The maximum Gasteiger partial charge on any atom is 0.309 e. The number of rotatable bonds is 3. The smallest absolute Gasteiger partial charge is 0.309 e. The van der Waals surface area contributed by atoms with Gasteiger partial charge in [0.15, 0.2) is 0 Å². The summed E-state index contributed by atoms with van der Waals surface area (Å²) in [5.41, 5.74) is 0. The van der Waals surface area contributed by atoms with Crippen molar-refractivity contribution in [2.75, 3.05) is 33.8 Å². The molecule has 0 aromatic carbocycles. The van der Waals surface area contributed by atoms with Crippen LogP contribution in [0, 0.1) is 5.92 Å². The van der Waals surface area contributed by atoms with Gasteiger partial charge in [0.25, 0.3) is 0 Å². The highest BCUT2D eigenvalue weighted by Gasteiger charge is 2.26. The third-order valence-corrected chi connectivity index (χ3v) is 2.69. The molecule has 0 aromatic heterocycles. The summed E-state index contributed by atoms with van der Waals surface area (Å²) in [5, 5.41) is 2.57. The number of nitrogens with zero attached hydrogens (tertiary/aromatic N) is 1. The Labute approximate surface area is 89.8 Å². The number of amides is 1. The number of carbonyl (C=O) groups excluding carboxylic acids is 2. The lowest BCUT2D eigenvalue weighted by Crippen LogP contribution is -2.43. The topological polar surface area (TPSA) is 58.6 Å². The van der Waals surface area contributed by atoms with E-state index in [2.05, 4.69) is 5.32 Å². The van der Waals surface area contributed by atoms with E-state index in [4.69, 9.17) is 4.74 Å². The number of carbonyl (C=O) groups is 2. The largest absolute Gasteiger partial charge is 0.469 e. The number of esters is 1. The Morgan fingerprint density at radius 3 is 2.87 bits per heavy atom. The predicted octanol–water partition coefficient (Wildman–Crippen LogP) is -0.383. The van der Waals surface area contributed by atoms with Crippen LogP contribution in [-0.4, -0.2) is 50.6 Å².